The van der Waals surface area contributed by atoms with Gasteiger partial charge >= 0.3 is 0 Å². The van der Waals surface area contributed by atoms with E-state index in [2.05, 4.69) is 0 Å². The first-order valence-electron chi connectivity index (χ1n) is 5.58. The van der Waals surface area contributed by atoms with E-state index in [9.17, 15) is 15.3 Å². The van der Waals surface area contributed by atoms with E-state index in [-0.39, 0.29) is 13.2 Å². The fourth-order valence-electron chi connectivity index (χ4n) is 1.96. The summed E-state index contributed by atoms with van der Waals surface area (Å²) in [6.07, 6.45) is -3.31. The Kier molecular flexibility index (Phi) is 5.60. The zero-order valence-electron chi connectivity index (χ0n) is 9.49. The monoisotopic (exact) mass is 235 g/mol. The number of aliphatic hydroxyl groups excluding tert-OH is 4. The molecule has 0 bridgehead atoms. The van der Waals surface area contributed by atoms with Gasteiger partial charge in [-0.1, -0.05) is 0 Å². The van der Waals surface area contributed by atoms with Gasteiger partial charge in [0.15, 0.2) is 0 Å². The Labute approximate surface area is 95.1 Å². The molecule has 0 saturated carbocycles. The summed E-state index contributed by atoms with van der Waals surface area (Å²) in [6, 6.07) is -0.543. The van der Waals surface area contributed by atoms with Gasteiger partial charge in [0.25, 0.3) is 0 Å². The van der Waals surface area contributed by atoms with Crippen LogP contribution in [0.4, 0.5) is 0 Å². The molecule has 6 heteroatoms. The van der Waals surface area contributed by atoms with E-state index in [1.54, 1.807) is 4.90 Å². The molecule has 0 aromatic rings. The first kappa shape index (κ1) is 13.8. The largest absolute Gasteiger partial charge is 0.395 e. The van der Waals surface area contributed by atoms with E-state index in [1.807, 2.05) is 6.92 Å². The van der Waals surface area contributed by atoms with Gasteiger partial charge in [0.2, 0.25) is 0 Å². The van der Waals surface area contributed by atoms with Crippen molar-refractivity contribution in [2.45, 2.75) is 31.3 Å². The van der Waals surface area contributed by atoms with Crippen molar-refractivity contribution in [1.82, 2.24) is 4.90 Å². The number of piperidine rings is 1. The van der Waals surface area contributed by atoms with Gasteiger partial charge in [0.1, 0.15) is 12.2 Å². The summed E-state index contributed by atoms with van der Waals surface area (Å²) in [5, 5.41) is 37.8. The molecule has 0 aromatic carbocycles. The molecule has 96 valence electrons. The Hall–Kier alpha value is -0.240. The normalized spacial score (nSPS) is 36.6. The fraction of sp³-hybridized carbons (Fsp3) is 1.00. The Morgan fingerprint density at radius 1 is 1.25 bits per heavy atom. The summed E-state index contributed by atoms with van der Waals surface area (Å²) in [5.74, 6) is 0. The van der Waals surface area contributed by atoms with Crippen LogP contribution >= 0.6 is 0 Å². The molecular weight excluding hydrogens is 214 g/mol. The summed E-state index contributed by atoms with van der Waals surface area (Å²) >= 11 is 0. The van der Waals surface area contributed by atoms with E-state index in [1.165, 1.54) is 0 Å². The van der Waals surface area contributed by atoms with Crippen LogP contribution < -0.4 is 0 Å². The lowest BCUT2D eigenvalue weighted by atomic mass is 9.94. The van der Waals surface area contributed by atoms with E-state index in [0.29, 0.717) is 19.8 Å². The average Bonchev–Trinajstić information content (AvgIpc) is 2.27. The number of hydrogen-bond donors (Lipinski definition) is 4. The highest BCUT2D eigenvalue weighted by Crippen LogP contribution is 2.18. The number of aliphatic hydroxyl groups is 4. The highest BCUT2D eigenvalue weighted by atomic mass is 16.5. The minimum absolute atomic E-state index is 0.233. The molecule has 16 heavy (non-hydrogen) atoms. The van der Waals surface area contributed by atoms with E-state index >= 15 is 0 Å². The molecule has 1 rings (SSSR count). The van der Waals surface area contributed by atoms with Crippen molar-refractivity contribution >= 4 is 0 Å². The third-order valence-corrected chi connectivity index (χ3v) is 2.94. The topological polar surface area (TPSA) is 93.4 Å². The molecule has 0 aromatic heterocycles. The molecule has 0 amide bonds. The predicted molar refractivity (Wildman–Crippen MR) is 57.0 cm³/mol. The van der Waals surface area contributed by atoms with E-state index < -0.39 is 24.4 Å². The minimum atomic E-state index is -1.19. The second-order valence-corrected chi connectivity index (χ2v) is 3.99. The third kappa shape index (κ3) is 3.13. The molecule has 4 N–H and O–H groups in total. The van der Waals surface area contributed by atoms with Crippen molar-refractivity contribution in [3.63, 3.8) is 0 Å². The van der Waals surface area contributed by atoms with Crippen molar-refractivity contribution in [2.75, 3.05) is 32.9 Å². The van der Waals surface area contributed by atoms with Crippen LogP contribution in [0.15, 0.2) is 0 Å². The maximum absolute atomic E-state index is 9.68. The van der Waals surface area contributed by atoms with Crippen molar-refractivity contribution < 1.29 is 25.2 Å². The standard InChI is InChI=1S/C10H21NO5/c1-2-16-4-3-11-5-8(13)10(15)9(14)7(11)6-12/h7-10,12-15H,2-6H2,1H3/t7-,8?,9?,10-/m1/s1. The lowest BCUT2D eigenvalue weighted by Gasteiger charge is -2.42. The maximum Gasteiger partial charge on any atom is 0.109 e. The lowest BCUT2D eigenvalue weighted by Crippen LogP contribution is -2.62. The van der Waals surface area contributed by atoms with Gasteiger partial charge in [-0.15, -0.1) is 0 Å². The molecule has 0 radical (unpaired) electrons. The van der Waals surface area contributed by atoms with E-state index in [4.69, 9.17) is 9.84 Å². The Bertz CT molecular complexity index is 204. The van der Waals surface area contributed by atoms with Crippen molar-refractivity contribution in [3.8, 4) is 0 Å². The molecule has 1 saturated heterocycles. The predicted octanol–water partition coefficient (Wildman–Crippen LogP) is -2.22. The third-order valence-electron chi connectivity index (χ3n) is 2.94. The fourth-order valence-corrected chi connectivity index (χ4v) is 1.96. The highest BCUT2D eigenvalue weighted by molar-refractivity contribution is 4.93. The van der Waals surface area contributed by atoms with Gasteiger partial charge in [-0.2, -0.15) is 0 Å². The zero-order chi connectivity index (χ0) is 12.1. The van der Waals surface area contributed by atoms with Crippen LogP contribution in [0.1, 0.15) is 6.92 Å². The van der Waals surface area contributed by atoms with E-state index in [0.717, 1.165) is 0 Å². The maximum atomic E-state index is 9.68. The highest BCUT2D eigenvalue weighted by Gasteiger charge is 2.40. The van der Waals surface area contributed by atoms with Gasteiger partial charge in [0, 0.05) is 19.7 Å². The van der Waals surface area contributed by atoms with Crippen LogP contribution in [0, 0.1) is 0 Å². The first-order chi connectivity index (χ1) is 7.61. The smallest absolute Gasteiger partial charge is 0.109 e. The second-order valence-electron chi connectivity index (χ2n) is 3.99. The lowest BCUT2D eigenvalue weighted by molar-refractivity contribution is -0.147. The molecule has 2 unspecified atom stereocenters. The SMILES string of the molecule is CCOCCN1CC(O)[C@@H](O)C(O)[C@H]1CO. The summed E-state index contributed by atoms with van der Waals surface area (Å²) in [6.45, 7) is 3.45. The first-order valence-corrected chi connectivity index (χ1v) is 5.58. The number of rotatable bonds is 5. The summed E-state index contributed by atoms with van der Waals surface area (Å²) < 4.78 is 5.18. The van der Waals surface area contributed by atoms with Crippen LogP contribution in [0.25, 0.3) is 0 Å². The number of hydrogen-bond acceptors (Lipinski definition) is 6. The van der Waals surface area contributed by atoms with Gasteiger partial charge in [0.05, 0.1) is 25.4 Å². The molecule has 0 spiro atoms. The van der Waals surface area contributed by atoms with Crippen molar-refractivity contribution in [3.05, 3.63) is 0 Å². The van der Waals surface area contributed by atoms with Crippen LogP contribution in [0.2, 0.25) is 0 Å². The van der Waals surface area contributed by atoms with Crippen molar-refractivity contribution in [1.29, 1.82) is 0 Å². The van der Waals surface area contributed by atoms with Gasteiger partial charge < -0.3 is 25.2 Å². The Morgan fingerprint density at radius 3 is 2.50 bits per heavy atom. The van der Waals surface area contributed by atoms with Gasteiger partial charge in [-0.3, -0.25) is 4.90 Å². The molecule has 1 fully saturated rings. The number of likely N-dealkylation sites (tertiary alicyclic amines) is 1. The van der Waals surface area contributed by atoms with Crippen molar-refractivity contribution in [2.24, 2.45) is 0 Å². The van der Waals surface area contributed by atoms with Crippen LogP contribution in [0.3, 0.4) is 0 Å². The molecule has 6 nitrogen and oxygen atoms in total. The number of β-amino-alcohol motifs (C(OH)–C–C–N with tert-alkyl or cyclic N) is 1. The molecule has 1 heterocycles. The summed E-state index contributed by atoms with van der Waals surface area (Å²) in [7, 11) is 0. The van der Waals surface area contributed by atoms with Crippen LogP contribution in [-0.4, -0.2) is 82.6 Å². The number of nitrogens with zero attached hydrogens (tertiary/aromatic N) is 1. The van der Waals surface area contributed by atoms with Gasteiger partial charge in [-0.05, 0) is 6.92 Å². The second kappa shape index (κ2) is 6.48. The zero-order valence-corrected chi connectivity index (χ0v) is 9.49. The quantitative estimate of drug-likeness (QED) is 0.403. The molecule has 0 aliphatic carbocycles. The molecular formula is C10H21NO5. The molecule has 1 aliphatic heterocycles. The van der Waals surface area contributed by atoms with Crippen LogP contribution in [0.5, 0.6) is 0 Å². The molecule has 1 aliphatic rings. The minimum Gasteiger partial charge on any atom is -0.395 e. The summed E-state index contributed by atoms with van der Waals surface area (Å²) in [4.78, 5) is 1.73. The Morgan fingerprint density at radius 2 is 1.94 bits per heavy atom. The Balaban J connectivity index is 2.53. The van der Waals surface area contributed by atoms with Crippen LogP contribution in [-0.2, 0) is 4.74 Å². The molecule has 4 atom stereocenters. The number of ether oxygens (including phenoxy) is 1. The average molecular weight is 235 g/mol. The van der Waals surface area contributed by atoms with Gasteiger partial charge in [-0.25, -0.2) is 0 Å². The summed E-state index contributed by atoms with van der Waals surface area (Å²) in [5.41, 5.74) is 0.